The number of aromatic amines is 1. The molecule has 102 valence electrons. The van der Waals surface area contributed by atoms with Gasteiger partial charge in [-0.3, -0.25) is 5.10 Å². The third kappa shape index (κ3) is 2.68. The van der Waals surface area contributed by atoms with Crippen molar-refractivity contribution >= 4 is 33.4 Å². The number of nitrogens with one attached hydrogen (secondary N) is 1. The van der Waals surface area contributed by atoms with Crippen LogP contribution in [0.5, 0.6) is 0 Å². The van der Waals surface area contributed by atoms with Crippen molar-refractivity contribution in [3.63, 3.8) is 0 Å². The van der Waals surface area contributed by atoms with Crippen LogP contribution in [0.25, 0.3) is 0 Å². The van der Waals surface area contributed by atoms with Crippen molar-refractivity contribution < 1.29 is 8.42 Å². The van der Waals surface area contributed by atoms with E-state index < -0.39 is 10.0 Å². The van der Waals surface area contributed by atoms with Crippen LogP contribution in [0.4, 0.5) is 0 Å². The molecule has 8 heteroatoms. The predicted molar refractivity (Wildman–Crippen MR) is 73.4 cm³/mol. The Balaban J connectivity index is 2.31. The molecule has 2 atom stereocenters. The van der Waals surface area contributed by atoms with Crippen LogP contribution in [-0.4, -0.2) is 46.5 Å². The molecule has 1 aromatic rings. The fraction of sp³-hybridized carbons (Fsp3) is 0.700. The SMILES string of the molecule is CC1CN(S(=O)(=O)c2[nH]ncc2CCl)CC(C)S1. The first kappa shape index (κ1) is 14.2. The first-order valence-corrected chi connectivity index (χ1v) is 8.60. The molecular formula is C10H16ClN3O2S2. The molecule has 1 fully saturated rings. The van der Waals surface area contributed by atoms with Crippen molar-refractivity contribution in [2.75, 3.05) is 13.1 Å². The number of thioether (sulfide) groups is 1. The van der Waals surface area contributed by atoms with Gasteiger partial charge in [-0.1, -0.05) is 13.8 Å². The van der Waals surface area contributed by atoms with E-state index in [4.69, 9.17) is 11.6 Å². The molecule has 0 bridgehead atoms. The number of aromatic nitrogens is 2. The van der Waals surface area contributed by atoms with Crippen LogP contribution < -0.4 is 0 Å². The second kappa shape index (κ2) is 5.40. The van der Waals surface area contributed by atoms with Crippen molar-refractivity contribution in [1.82, 2.24) is 14.5 Å². The van der Waals surface area contributed by atoms with E-state index in [2.05, 4.69) is 10.2 Å². The van der Waals surface area contributed by atoms with E-state index in [1.807, 2.05) is 25.6 Å². The first-order valence-electron chi connectivity index (χ1n) is 5.69. The van der Waals surface area contributed by atoms with Crippen LogP contribution in [-0.2, 0) is 15.9 Å². The van der Waals surface area contributed by atoms with E-state index >= 15 is 0 Å². The Morgan fingerprint density at radius 1 is 1.50 bits per heavy atom. The molecule has 0 spiro atoms. The average molecular weight is 310 g/mol. The van der Waals surface area contributed by atoms with Gasteiger partial charge < -0.3 is 0 Å². The highest BCUT2D eigenvalue weighted by Gasteiger charge is 2.34. The molecule has 0 aliphatic carbocycles. The van der Waals surface area contributed by atoms with Crippen molar-refractivity contribution in [1.29, 1.82) is 0 Å². The Bertz CT molecular complexity index is 507. The van der Waals surface area contributed by atoms with Crippen molar-refractivity contribution in [2.24, 2.45) is 0 Å². The first-order chi connectivity index (χ1) is 8.45. The second-order valence-electron chi connectivity index (χ2n) is 4.44. The lowest BCUT2D eigenvalue weighted by atomic mass is 10.4. The molecule has 5 nitrogen and oxygen atoms in total. The van der Waals surface area contributed by atoms with Crippen LogP contribution >= 0.6 is 23.4 Å². The van der Waals surface area contributed by atoms with Gasteiger partial charge in [-0.2, -0.15) is 21.2 Å². The lowest BCUT2D eigenvalue weighted by molar-refractivity contribution is 0.402. The normalized spacial score (nSPS) is 26.4. The molecule has 2 rings (SSSR count). The Kier molecular flexibility index (Phi) is 4.25. The maximum absolute atomic E-state index is 12.5. The Morgan fingerprint density at radius 3 is 2.67 bits per heavy atom. The number of nitrogens with zero attached hydrogens (tertiary/aromatic N) is 2. The number of halogens is 1. The zero-order valence-electron chi connectivity index (χ0n) is 10.3. The zero-order chi connectivity index (χ0) is 13.3. The van der Waals surface area contributed by atoms with Gasteiger partial charge in [-0.05, 0) is 0 Å². The fourth-order valence-corrected chi connectivity index (χ4v) is 5.59. The number of rotatable bonds is 3. The smallest absolute Gasteiger partial charge is 0.260 e. The summed E-state index contributed by atoms with van der Waals surface area (Å²) >= 11 is 7.54. The Labute approximate surface area is 116 Å². The minimum atomic E-state index is -3.51. The lowest BCUT2D eigenvalue weighted by Crippen LogP contribution is -2.44. The van der Waals surface area contributed by atoms with Gasteiger partial charge >= 0.3 is 0 Å². The molecule has 0 radical (unpaired) electrons. The van der Waals surface area contributed by atoms with Gasteiger partial charge in [0.15, 0.2) is 5.03 Å². The fourth-order valence-electron chi connectivity index (χ4n) is 2.07. The molecule has 1 N–H and O–H groups in total. The summed E-state index contributed by atoms with van der Waals surface area (Å²) in [6.45, 7) is 5.13. The predicted octanol–water partition coefficient (Wildman–Crippen LogP) is 1.66. The minimum absolute atomic E-state index is 0.129. The number of hydrogen-bond acceptors (Lipinski definition) is 4. The van der Waals surface area contributed by atoms with Crippen molar-refractivity contribution in [2.45, 2.75) is 35.3 Å². The van der Waals surface area contributed by atoms with Crippen LogP contribution in [0.15, 0.2) is 11.2 Å². The molecule has 0 saturated carbocycles. The van der Waals surface area contributed by atoms with Gasteiger partial charge in [0.25, 0.3) is 10.0 Å². The Morgan fingerprint density at radius 2 is 2.11 bits per heavy atom. The highest BCUT2D eigenvalue weighted by molar-refractivity contribution is 8.00. The summed E-state index contributed by atoms with van der Waals surface area (Å²) in [4.78, 5) is 0. The molecule has 1 aromatic heterocycles. The van der Waals surface area contributed by atoms with Crippen molar-refractivity contribution in [3.05, 3.63) is 11.8 Å². The second-order valence-corrected chi connectivity index (χ2v) is 8.46. The highest BCUT2D eigenvalue weighted by atomic mass is 35.5. The number of H-pyrrole nitrogens is 1. The molecule has 0 amide bonds. The van der Waals surface area contributed by atoms with Crippen molar-refractivity contribution in [3.8, 4) is 0 Å². The van der Waals surface area contributed by atoms with E-state index in [1.165, 1.54) is 10.5 Å². The third-order valence-electron chi connectivity index (χ3n) is 2.81. The molecule has 1 aliphatic heterocycles. The summed E-state index contributed by atoms with van der Waals surface area (Å²) in [5, 5.41) is 7.05. The maximum atomic E-state index is 12.5. The molecule has 2 unspecified atom stereocenters. The van der Waals surface area contributed by atoms with E-state index in [-0.39, 0.29) is 10.9 Å². The van der Waals surface area contributed by atoms with Gasteiger partial charge in [-0.15, -0.1) is 11.6 Å². The minimum Gasteiger partial charge on any atom is -0.266 e. The summed E-state index contributed by atoms with van der Waals surface area (Å²) in [6, 6.07) is 0. The van der Waals surface area contributed by atoms with Crippen LogP contribution in [0.1, 0.15) is 19.4 Å². The van der Waals surface area contributed by atoms with E-state index in [1.54, 1.807) is 0 Å². The highest BCUT2D eigenvalue weighted by Crippen LogP contribution is 2.29. The topological polar surface area (TPSA) is 66.1 Å². The van der Waals surface area contributed by atoms with Crippen LogP contribution in [0.2, 0.25) is 0 Å². The maximum Gasteiger partial charge on any atom is 0.260 e. The molecule has 0 aromatic carbocycles. The van der Waals surface area contributed by atoms with Gasteiger partial charge in [0.1, 0.15) is 0 Å². The number of sulfonamides is 1. The van der Waals surface area contributed by atoms with E-state index in [0.717, 1.165) is 0 Å². The molecule has 2 heterocycles. The number of alkyl halides is 1. The van der Waals surface area contributed by atoms with Crippen LogP contribution in [0.3, 0.4) is 0 Å². The Hall–Kier alpha value is -0.240. The third-order valence-corrected chi connectivity index (χ3v) is 6.17. The van der Waals surface area contributed by atoms with Gasteiger partial charge in [-0.25, -0.2) is 8.42 Å². The molecular weight excluding hydrogens is 294 g/mol. The summed E-state index contributed by atoms with van der Waals surface area (Å²) < 4.78 is 26.5. The largest absolute Gasteiger partial charge is 0.266 e. The molecule has 1 aliphatic rings. The van der Waals surface area contributed by atoms with Crippen LogP contribution in [0, 0.1) is 0 Å². The van der Waals surface area contributed by atoms with Gasteiger partial charge in [0.2, 0.25) is 0 Å². The molecule has 1 saturated heterocycles. The molecule has 18 heavy (non-hydrogen) atoms. The summed E-state index contributed by atoms with van der Waals surface area (Å²) in [7, 11) is -3.51. The van der Waals surface area contributed by atoms with E-state index in [9.17, 15) is 8.42 Å². The number of hydrogen-bond donors (Lipinski definition) is 1. The zero-order valence-corrected chi connectivity index (χ0v) is 12.6. The van der Waals surface area contributed by atoms with E-state index in [0.29, 0.717) is 29.2 Å². The summed E-state index contributed by atoms with van der Waals surface area (Å²) in [6.07, 6.45) is 1.46. The lowest BCUT2D eigenvalue weighted by Gasteiger charge is -2.33. The quantitative estimate of drug-likeness (QED) is 0.862. The van der Waals surface area contributed by atoms with Gasteiger partial charge in [0.05, 0.1) is 12.1 Å². The summed E-state index contributed by atoms with van der Waals surface area (Å²) in [5.74, 6) is 0.138. The average Bonchev–Trinajstić information content (AvgIpc) is 2.76. The standard InChI is InChI=1S/C10H16ClN3O2S2/c1-7-5-14(6-8(2)17-7)18(15,16)10-9(3-11)4-12-13-10/h4,7-8H,3,5-6H2,1-2H3,(H,12,13). The summed E-state index contributed by atoms with van der Waals surface area (Å²) in [5.41, 5.74) is 0.523. The monoisotopic (exact) mass is 309 g/mol. The van der Waals surface area contributed by atoms with Gasteiger partial charge in [0, 0.05) is 29.2 Å².